The van der Waals surface area contributed by atoms with Gasteiger partial charge < -0.3 is 10.6 Å². The molecule has 1 saturated heterocycles. The molecule has 3 nitrogen and oxygen atoms in total. The summed E-state index contributed by atoms with van der Waals surface area (Å²) in [5.41, 5.74) is 5.47. The summed E-state index contributed by atoms with van der Waals surface area (Å²) < 4.78 is 0. The molecule has 0 aromatic carbocycles. The van der Waals surface area contributed by atoms with Crippen molar-refractivity contribution in [1.82, 2.24) is 4.90 Å². The highest BCUT2D eigenvalue weighted by Crippen LogP contribution is 2.14. The molecule has 1 aliphatic heterocycles. The average Bonchev–Trinajstić information content (AvgIpc) is 1.95. The molecule has 3 heteroatoms. The van der Waals surface area contributed by atoms with Gasteiger partial charge >= 0.3 is 0 Å². The van der Waals surface area contributed by atoms with Crippen molar-refractivity contribution in [2.24, 2.45) is 11.7 Å². The van der Waals surface area contributed by atoms with Crippen LogP contribution in [0.15, 0.2) is 0 Å². The van der Waals surface area contributed by atoms with Crippen LogP contribution in [-0.2, 0) is 4.79 Å². The number of carbonyl (C=O) groups excluding carboxylic acids is 1. The van der Waals surface area contributed by atoms with Crippen molar-refractivity contribution in [2.45, 2.75) is 12.8 Å². The van der Waals surface area contributed by atoms with Crippen molar-refractivity contribution in [3.05, 3.63) is 0 Å². The van der Waals surface area contributed by atoms with Crippen LogP contribution in [0.3, 0.4) is 0 Å². The zero-order valence-corrected chi connectivity index (χ0v) is 6.34. The van der Waals surface area contributed by atoms with E-state index in [0.717, 1.165) is 13.0 Å². The standard InChI is InChI=1S/C7H14N2O/c1-9-5-6(4-8)2-3-7(9)10/h6H,2-5,8H2,1H3. The van der Waals surface area contributed by atoms with Crippen LogP contribution in [0, 0.1) is 5.92 Å². The molecular weight excluding hydrogens is 128 g/mol. The molecule has 10 heavy (non-hydrogen) atoms. The number of likely N-dealkylation sites (tertiary alicyclic amines) is 1. The lowest BCUT2D eigenvalue weighted by molar-refractivity contribution is -0.133. The smallest absolute Gasteiger partial charge is 0.222 e. The van der Waals surface area contributed by atoms with Gasteiger partial charge in [-0.3, -0.25) is 4.79 Å². The maximum atomic E-state index is 10.9. The summed E-state index contributed by atoms with van der Waals surface area (Å²) in [6.07, 6.45) is 1.65. The fraction of sp³-hybridized carbons (Fsp3) is 0.857. The molecule has 0 aromatic rings. The van der Waals surface area contributed by atoms with E-state index in [0.29, 0.717) is 18.9 Å². The van der Waals surface area contributed by atoms with Crippen LogP contribution < -0.4 is 5.73 Å². The molecule has 1 heterocycles. The second-order valence-corrected chi connectivity index (χ2v) is 2.91. The number of hydrogen-bond donors (Lipinski definition) is 1. The van der Waals surface area contributed by atoms with Crippen LogP contribution in [-0.4, -0.2) is 30.9 Å². The first-order chi connectivity index (χ1) is 4.74. The predicted molar refractivity (Wildman–Crippen MR) is 39.4 cm³/mol. The number of nitrogens with zero attached hydrogens (tertiary/aromatic N) is 1. The highest BCUT2D eigenvalue weighted by atomic mass is 16.2. The molecule has 2 N–H and O–H groups in total. The summed E-state index contributed by atoms with van der Waals surface area (Å²) in [5.74, 6) is 0.785. The van der Waals surface area contributed by atoms with Gasteiger partial charge in [-0.15, -0.1) is 0 Å². The zero-order chi connectivity index (χ0) is 7.56. The van der Waals surface area contributed by atoms with E-state index in [1.807, 2.05) is 7.05 Å². The van der Waals surface area contributed by atoms with E-state index in [-0.39, 0.29) is 5.91 Å². The Balaban J connectivity index is 2.40. The summed E-state index contributed by atoms with van der Waals surface area (Å²) in [5, 5.41) is 0. The van der Waals surface area contributed by atoms with Gasteiger partial charge in [-0.2, -0.15) is 0 Å². The first kappa shape index (κ1) is 7.54. The minimum absolute atomic E-state index is 0.254. The molecule has 0 radical (unpaired) electrons. The Bertz CT molecular complexity index is 136. The second kappa shape index (κ2) is 3.01. The number of rotatable bonds is 1. The second-order valence-electron chi connectivity index (χ2n) is 2.91. The Kier molecular flexibility index (Phi) is 2.27. The van der Waals surface area contributed by atoms with E-state index in [4.69, 9.17) is 5.73 Å². The van der Waals surface area contributed by atoms with Gasteiger partial charge in [0.1, 0.15) is 0 Å². The third kappa shape index (κ3) is 1.48. The van der Waals surface area contributed by atoms with E-state index < -0.39 is 0 Å². The highest BCUT2D eigenvalue weighted by Gasteiger charge is 2.20. The topological polar surface area (TPSA) is 46.3 Å². The number of carbonyl (C=O) groups is 1. The molecule has 58 valence electrons. The Morgan fingerprint density at radius 3 is 3.00 bits per heavy atom. The molecule has 1 aliphatic rings. The molecule has 0 aliphatic carbocycles. The summed E-state index contributed by atoms with van der Waals surface area (Å²) in [4.78, 5) is 12.7. The van der Waals surface area contributed by atoms with Gasteiger partial charge in [-0.05, 0) is 18.9 Å². The van der Waals surface area contributed by atoms with Crippen molar-refractivity contribution in [1.29, 1.82) is 0 Å². The lowest BCUT2D eigenvalue weighted by Crippen LogP contribution is -2.39. The first-order valence-electron chi connectivity index (χ1n) is 3.68. The van der Waals surface area contributed by atoms with Gasteiger partial charge in [0.2, 0.25) is 5.91 Å². The van der Waals surface area contributed by atoms with Crippen molar-refractivity contribution >= 4 is 5.91 Å². The number of hydrogen-bond acceptors (Lipinski definition) is 2. The van der Waals surface area contributed by atoms with Crippen LogP contribution in [0.5, 0.6) is 0 Å². The summed E-state index contributed by atoms with van der Waals surface area (Å²) in [6, 6.07) is 0. The van der Waals surface area contributed by atoms with Crippen molar-refractivity contribution in [3.8, 4) is 0 Å². The molecule has 1 atom stereocenters. The van der Waals surface area contributed by atoms with E-state index in [9.17, 15) is 4.79 Å². The minimum atomic E-state index is 0.254. The molecular formula is C7H14N2O. The van der Waals surface area contributed by atoms with Crippen LogP contribution in [0.2, 0.25) is 0 Å². The molecule has 0 saturated carbocycles. The average molecular weight is 142 g/mol. The SMILES string of the molecule is CN1CC(CN)CCC1=O. The Morgan fingerprint density at radius 2 is 2.50 bits per heavy atom. The quantitative estimate of drug-likeness (QED) is 0.551. The highest BCUT2D eigenvalue weighted by molar-refractivity contribution is 5.76. The third-order valence-corrected chi connectivity index (χ3v) is 2.06. The maximum Gasteiger partial charge on any atom is 0.222 e. The monoisotopic (exact) mass is 142 g/mol. The molecule has 1 unspecified atom stereocenters. The normalized spacial score (nSPS) is 27.2. The largest absolute Gasteiger partial charge is 0.345 e. The van der Waals surface area contributed by atoms with Crippen LogP contribution in [0.1, 0.15) is 12.8 Å². The minimum Gasteiger partial charge on any atom is -0.345 e. The number of nitrogens with two attached hydrogens (primary N) is 1. The van der Waals surface area contributed by atoms with E-state index in [1.165, 1.54) is 0 Å². The van der Waals surface area contributed by atoms with Crippen LogP contribution >= 0.6 is 0 Å². The summed E-state index contributed by atoms with van der Waals surface area (Å²) in [7, 11) is 1.84. The van der Waals surface area contributed by atoms with Gasteiger partial charge in [0.05, 0.1) is 0 Å². The Labute approximate surface area is 61.2 Å². The van der Waals surface area contributed by atoms with Crippen LogP contribution in [0.25, 0.3) is 0 Å². The third-order valence-electron chi connectivity index (χ3n) is 2.06. The van der Waals surface area contributed by atoms with Gasteiger partial charge in [0.15, 0.2) is 0 Å². The zero-order valence-electron chi connectivity index (χ0n) is 6.34. The number of amides is 1. The van der Waals surface area contributed by atoms with Crippen molar-refractivity contribution in [3.63, 3.8) is 0 Å². The number of piperidine rings is 1. The molecule has 0 spiro atoms. The molecule has 0 aromatic heterocycles. The first-order valence-corrected chi connectivity index (χ1v) is 3.68. The fourth-order valence-corrected chi connectivity index (χ4v) is 1.29. The fourth-order valence-electron chi connectivity index (χ4n) is 1.29. The maximum absolute atomic E-state index is 10.9. The van der Waals surface area contributed by atoms with Crippen LogP contribution in [0.4, 0.5) is 0 Å². The lowest BCUT2D eigenvalue weighted by atomic mass is 9.98. The Hall–Kier alpha value is -0.570. The summed E-state index contributed by atoms with van der Waals surface area (Å²) in [6.45, 7) is 1.55. The Morgan fingerprint density at radius 1 is 1.80 bits per heavy atom. The van der Waals surface area contributed by atoms with Gasteiger partial charge in [-0.25, -0.2) is 0 Å². The van der Waals surface area contributed by atoms with Crippen molar-refractivity contribution < 1.29 is 4.79 Å². The van der Waals surface area contributed by atoms with E-state index in [1.54, 1.807) is 4.90 Å². The molecule has 1 fully saturated rings. The predicted octanol–water partition coefficient (Wildman–Crippen LogP) is -0.187. The van der Waals surface area contributed by atoms with Gasteiger partial charge in [0, 0.05) is 20.0 Å². The van der Waals surface area contributed by atoms with Crippen molar-refractivity contribution in [2.75, 3.05) is 20.1 Å². The van der Waals surface area contributed by atoms with Gasteiger partial charge in [0.25, 0.3) is 0 Å². The molecule has 0 bridgehead atoms. The van der Waals surface area contributed by atoms with E-state index in [2.05, 4.69) is 0 Å². The van der Waals surface area contributed by atoms with E-state index >= 15 is 0 Å². The lowest BCUT2D eigenvalue weighted by Gasteiger charge is -2.28. The molecule has 1 rings (SSSR count). The summed E-state index contributed by atoms with van der Waals surface area (Å²) >= 11 is 0. The van der Waals surface area contributed by atoms with Gasteiger partial charge in [-0.1, -0.05) is 0 Å². The molecule has 1 amide bonds.